The Bertz CT molecular complexity index is 1170. The van der Waals surface area contributed by atoms with Crippen LogP contribution in [0.2, 0.25) is 5.02 Å². The molecule has 178 valence electrons. The van der Waals surface area contributed by atoms with E-state index in [1.807, 2.05) is 11.0 Å². The fraction of sp³-hybridized carbons (Fsp3) is 0.458. The van der Waals surface area contributed by atoms with E-state index in [9.17, 15) is 15.2 Å². The zero-order valence-electron chi connectivity index (χ0n) is 18.5. The van der Waals surface area contributed by atoms with Crippen molar-refractivity contribution in [3.05, 3.63) is 46.1 Å². The molecule has 0 bridgehead atoms. The number of hydrogen-bond acceptors (Lipinski definition) is 6. The second kappa shape index (κ2) is 9.73. The number of likely N-dealkylation sites (tertiary alicyclic amines) is 1. The molecule has 2 aliphatic rings. The number of carbonyl (C=O) groups excluding carboxylic acids is 1. The predicted octanol–water partition coefficient (Wildman–Crippen LogP) is 2.67. The maximum Gasteiger partial charge on any atom is 0.228 e. The number of amides is 1. The van der Waals surface area contributed by atoms with Gasteiger partial charge in [0.15, 0.2) is 5.82 Å². The van der Waals surface area contributed by atoms with Gasteiger partial charge < -0.3 is 16.2 Å². The summed E-state index contributed by atoms with van der Waals surface area (Å²) in [5.41, 5.74) is 6.11. The number of nitrogens with two attached hydrogens (primary N) is 1. The summed E-state index contributed by atoms with van der Waals surface area (Å²) in [5, 5.41) is 27.1. The van der Waals surface area contributed by atoms with Crippen LogP contribution in [0.4, 0.5) is 10.2 Å². The first-order chi connectivity index (χ1) is 16.3. The number of halogens is 2. The topological polar surface area (TPSA) is 120 Å². The van der Waals surface area contributed by atoms with Crippen molar-refractivity contribution < 1.29 is 14.3 Å². The number of benzene rings is 1. The van der Waals surface area contributed by atoms with Crippen molar-refractivity contribution in [1.29, 1.82) is 5.26 Å². The number of rotatable bonds is 7. The Morgan fingerprint density at radius 1 is 1.50 bits per heavy atom. The zero-order chi connectivity index (χ0) is 24.5. The minimum atomic E-state index is -1.45. The third-order valence-corrected chi connectivity index (χ3v) is 6.92. The van der Waals surface area contributed by atoms with Crippen molar-refractivity contribution in [2.24, 2.45) is 11.7 Å². The molecule has 2 fully saturated rings. The number of aliphatic hydroxyl groups is 1. The first-order valence-electron chi connectivity index (χ1n) is 11.1. The van der Waals surface area contributed by atoms with Gasteiger partial charge in [0.2, 0.25) is 5.91 Å². The van der Waals surface area contributed by atoms with Gasteiger partial charge in [0.05, 0.1) is 18.1 Å². The Labute approximate surface area is 202 Å². The van der Waals surface area contributed by atoms with Crippen LogP contribution in [-0.4, -0.2) is 45.0 Å². The number of piperidine rings is 1. The first-order valence-corrected chi connectivity index (χ1v) is 11.5. The molecule has 8 nitrogen and oxygen atoms in total. The van der Waals surface area contributed by atoms with Gasteiger partial charge in [-0.15, -0.1) is 6.42 Å². The summed E-state index contributed by atoms with van der Waals surface area (Å²) in [4.78, 5) is 14.2. The number of aliphatic hydroxyl groups excluding tert-OH is 1. The maximum atomic E-state index is 15.8. The molecular weight excluding hydrogens is 459 g/mol. The van der Waals surface area contributed by atoms with Crippen molar-refractivity contribution in [2.75, 3.05) is 18.4 Å². The fourth-order valence-electron chi connectivity index (χ4n) is 4.31. The molecule has 1 aromatic heterocycles. The van der Waals surface area contributed by atoms with Crippen molar-refractivity contribution in [1.82, 2.24) is 14.7 Å². The summed E-state index contributed by atoms with van der Waals surface area (Å²) in [6.45, 7) is 0.972. The second-order valence-electron chi connectivity index (χ2n) is 8.93. The Morgan fingerprint density at radius 3 is 2.85 bits per heavy atom. The molecule has 2 aromatic rings. The molecule has 1 aromatic carbocycles. The molecule has 0 radical (unpaired) electrons. The van der Waals surface area contributed by atoms with Crippen LogP contribution in [0, 0.1) is 29.6 Å². The highest BCUT2D eigenvalue weighted by Crippen LogP contribution is 2.38. The van der Waals surface area contributed by atoms with E-state index in [4.69, 9.17) is 23.8 Å². The average molecular weight is 485 g/mol. The van der Waals surface area contributed by atoms with Crippen LogP contribution >= 0.6 is 11.6 Å². The summed E-state index contributed by atoms with van der Waals surface area (Å²) in [5.74, 6) is 2.34. The van der Waals surface area contributed by atoms with Gasteiger partial charge in [-0.3, -0.25) is 14.4 Å². The lowest BCUT2D eigenvalue weighted by atomic mass is 9.83. The van der Waals surface area contributed by atoms with Gasteiger partial charge in [-0.05, 0) is 37.0 Å². The number of nitrogens with zero attached hydrogens (tertiary/aromatic N) is 4. The average Bonchev–Trinajstić information content (AvgIpc) is 3.57. The van der Waals surface area contributed by atoms with Crippen LogP contribution in [0.1, 0.15) is 48.6 Å². The fourth-order valence-corrected chi connectivity index (χ4v) is 4.55. The summed E-state index contributed by atoms with van der Waals surface area (Å²) < 4.78 is 17.2. The molecule has 1 aliphatic heterocycles. The van der Waals surface area contributed by atoms with Crippen molar-refractivity contribution in [3.8, 4) is 18.4 Å². The Kier molecular flexibility index (Phi) is 6.92. The van der Waals surface area contributed by atoms with E-state index in [2.05, 4.69) is 22.4 Å². The van der Waals surface area contributed by atoms with E-state index in [1.165, 1.54) is 10.9 Å². The normalized spacial score (nSPS) is 23.6. The lowest BCUT2D eigenvalue weighted by Crippen LogP contribution is -2.54. The van der Waals surface area contributed by atoms with Crippen LogP contribution in [0.5, 0.6) is 0 Å². The molecule has 0 spiro atoms. The number of nitriles is 1. The molecular formula is C24H26ClFN6O2. The number of alkyl halides is 1. The zero-order valence-corrected chi connectivity index (χ0v) is 19.3. The van der Waals surface area contributed by atoms with Gasteiger partial charge in [0.1, 0.15) is 17.9 Å². The number of aromatic nitrogens is 2. The van der Waals surface area contributed by atoms with E-state index in [0.29, 0.717) is 30.1 Å². The van der Waals surface area contributed by atoms with E-state index in [-0.39, 0.29) is 36.2 Å². The predicted molar refractivity (Wildman–Crippen MR) is 125 cm³/mol. The van der Waals surface area contributed by atoms with Gasteiger partial charge in [-0.25, -0.2) is 4.39 Å². The number of terminal acetylenes is 1. The summed E-state index contributed by atoms with van der Waals surface area (Å²) >= 11 is 6.34. The third-order valence-electron chi connectivity index (χ3n) is 6.57. The van der Waals surface area contributed by atoms with Gasteiger partial charge >= 0.3 is 0 Å². The number of nitrogens with one attached hydrogen (secondary N) is 1. The monoisotopic (exact) mass is 484 g/mol. The molecule has 3 atom stereocenters. The molecule has 10 heteroatoms. The first kappa shape index (κ1) is 24.2. The SMILES string of the molecule is C#Cc1ccc(CN2CCC(CC#N)(n3cc(C(N)O)c(NC(=O)C4CC4)n3)C(F)C2)c(Cl)c1. The largest absolute Gasteiger partial charge is 0.374 e. The summed E-state index contributed by atoms with van der Waals surface area (Å²) in [6, 6.07) is 7.41. The molecule has 1 amide bonds. The molecule has 3 unspecified atom stereocenters. The maximum absolute atomic E-state index is 15.8. The van der Waals surface area contributed by atoms with E-state index in [1.54, 1.807) is 12.1 Å². The second-order valence-corrected chi connectivity index (χ2v) is 9.33. The quantitative estimate of drug-likeness (QED) is 0.410. The van der Waals surface area contributed by atoms with Crippen molar-refractivity contribution in [2.45, 2.75) is 50.2 Å². The molecule has 4 rings (SSSR count). The third kappa shape index (κ3) is 4.79. The van der Waals surface area contributed by atoms with E-state index >= 15 is 4.39 Å². The van der Waals surface area contributed by atoms with E-state index in [0.717, 1.165) is 18.4 Å². The standard InChI is InChI=1S/C24H26ClFN6O2/c1-2-15-3-4-17(19(25)11-15)12-31-10-8-24(7-9-27,20(26)14-31)32-13-18(21(28)33)22(30-32)29-23(34)16-5-6-16/h1,3-4,11,13,16,20-21,33H,5-8,10,12,14,28H2,(H,29,30,34). The lowest BCUT2D eigenvalue weighted by Gasteiger charge is -2.43. The van der Waals surface area contributed by atoms with Crippen LogP contribution in [-0.2, 0) is 16.9 Å². The van der Waals surface area contributed by atoms with Crippen LogP contribution in [0.3, 0.4) is 0 Å². The van der Waals surface area contributed by atoms with Crippen LogP contribution < -0.4 is 11.1 Å². The Hall–Kier alpha value is -2.95. The smallest absolute Gasteiger partial charge is 0.228 e. The van der Waals surface area contributed by atoms with Crippen molar-refractivity contribution >= 4 is 23.3 Å². The molecule has 34 heavy (non-hydrogen) atoms. The van der Waals surface area contributed by atoms with E-state index < -0.39 is 17.9 Å². The van der Waals surface area contributed by atoms with Crippen LogP contribution in [0.15, 0.2) is 24.4 Å². The molecule has 1 aliphatic carbocycles. The van der Waals surface area contributed by atoms with Gasteiger partial charge in [-0.2, -0.15) is 10.4 Å². The molecule has 1 saturated heterocycles. The Morgan fingerprint density at radius 2 is 2.26 bits per heavy atom. The highest BCUT2D eigenvalue weighted by molar-refractivity contribution is 6.31. The molecule has 1 saturated carbocycles. The highest BCUT2D eigenvalue weighted by Gasteiger charge is 2.47. The molecule has 4 N–H and O–H groups in total. The minimum absolute atomic E-state index is 0.0546. The number of hydrogen-bond donors (Lipinski definition) is 3. The number of carbonyl (C=O) groups is 1. The minimum Gasteiger partial charge on any atom is -0.374 e. The van der Waals surface area contributed by atoms with Crippen molar-refractivity contribution in [3.63, 3.8) is 0 Å². The number of anilines is 1. The van der Waals surface area contributed by atoms with Gasteiger partial charge in [0.25, 0.3) is 0 Å². The highest BCUT2D eigenvalue weighted by atomic mass is 35.5. The summed E-state index contributed by atoms with van der Waals surface area (Å²) in [6.07, 6.45) is 5.74. The lowest BCUT2D eigenvalue weighted by molar-refractivity contribution is -0.117. The summed E-state index contributed by atoms with van der Waals surface area (Å²) in [7, 11) is 0. The van der Waals surface area contributed by atoms with Gasteiger partial charge in [0, 0.05) is 42.3 Å². The van der Waals surface area contributed by atoms with Gasteiger partial charge in [-0.1, -0.05) is 23.6 Å². The molecule has 2 heterocycles. The van der Waals surface area contributed by atoms with Crippen LogP contribution in [0.25, 0.3) is 0 Å². The Balaban J connectivity index is 1.56.